The Hall–Kier alpha value is -2.57. The number of H-pyrrole nitrogens is 1. The van der Waals surface area contributed by atoms with Crippen LogP contribution in [0.2, 0.25) is 0 Å². The van der Waals surface area contributed by atoms with Crippen molar-refractivity contribution in [2.75, 3.05) is 11.1 Å². The maximum Gasteiger partial charge on any atom is 0.293 e. The molecule has 0 fully saturated rings. The molecule has 0 radical (unpaired) electrons. The number of anilines is 2. The van der Waals surface area contributed by atoms with Crippen LogP contribution < -0.4 is 15.8 Å². The Bertz CT molecular complexity index is 596. The number of benzene rings is 1. The van der Waals surface area contributed by atoms with Crippen molar-refractivity contribution < 1.29 is 9.53 Å². The average molecular weight is 275 g/mol. The molecular weight excluding hydrogens is 258 g/mol. The van der Waals surface area contributed by atoms with Gasteiger partial charge in [0.05, 0.1) is 6.10 Å². The van der Waals surface area contributed by atoms with Gasteiger partial charge in [0.15, 0.2) is 0 Å². The molecule has 0 saturated heterocycles. The number of nitrogen functional groups attached to an aromatic ring is 1. The standard InChI is InChI=1S/C13H17N5O2/c1-3-8(2)20-10-6-4-5-9(7-10)15-12(19)11-16-13(14)18-17-11/h4-8H,3H2,1-2H3,(H,15,19)(H3,14,16,17,18). The number of nitrogens with one attached hydrogen (secondary N) is 2. The molecule has 106 valence electrons. The lowest BCUT2D eigenvalue weighted by atomic mass is 10.2. The normalized spacial score (nSPS) is 11.9. The molecule has 0 aliphatic carbocycles. The molecule has 0 aliphatic heterocycles. The zero-order valence-electron chi connectivity index (χ0n) is 11.4. The number of ether oxygens (including phenoxy) is 1. The Morgan fingerprint density at radius 1 is 1.55 bits per heavy atom. The number of aromatic nitrogens is 3. The number of aromatic amines is 1. The Morgan fingerprint density at radius 3 is 3.00 bits per heavy atom. The minimum absolute atomic E-state index is 0.0315. The quantitative estimate of drug-likeness (QED) is 0.771. The van der Waals surface area contributed by atoms with E-state index in [0.717, 1.165) is 6.42 Å². The summed E-state index contributed by atoms with van der Waals surface area (Å²) >= 11 is 0. The Labute approximate surface area is 116 Å². The maximum atomic E-state index is 11.9. The van der Waals surface area contributed by atoms with Crippen molar-refractivity contribution in [1.82, 2.24) is 15.2 Å². The molecule has 1 unspecified atom stereocenters. The van der Waals surface area contributed by atoms with Crippen LogP contribution in [0.25, 0.3) is 0 Å². The van der Waals surface area contributed by atoms with Crippen molar-refractivity contribution in [3.05, 3.63) is 30.1 Å². The van der Waals surface area contributed by atoms with Crippen LogP contribution in [0.4, 0.5) is 11.6 Å². The molecule has 1 heterocycles. The van der Waals surface area contributed by atoms with Crippen LogP contribution in [-0.4, -0.2) is 27.2 Å². The lowest BCUT2D eigenvalue weighted by Gasteiger charge is -2.13. The van der Waals surface area contributed by atoms with Crippen LogP contribution in [0.1, 0.15) is 30.9 Å². The summed E-state index contributed by atoms with van der Waals surface area (Å²) in [6.45, 7) is 4.03. The number of rotatable bonds is 5. The van der Waals surface area contributed by atoms with Gasteiger partial charge < -0.3 is 15.8 Å². The van der Waals surface area contributed by atoms with Crippen LogP contribution in [0.15, 0.2) is 24.3 Å². The SMILES string of the molecule is CCC(C)Oc1cccc(NC(=O)c2nc(N)n[nH]2)c1. The number of hydrogen-bond donors (Lipinski definition) is 3. The smallest absolute Gasteiger partial charge is 0.293 e. The number of nitrogens with two attached hydrogens (primary N) is 1. The van der Waals surface area contributed by atoms with Crippen molar-refractivity contribution in [3.63, 3.8) is 0 Å². The number of amides is 1. The van der Waals surface area contributed by atoms with Gasteiger partial charge in [-0.15, -0.1) is 5.10 Å². The molecule has 0 saturated carbocycles. The van der Waals surface area contributed by atoms with Gasteiger partial charge in [0, 0.05) is 11.8 Å². The summed E-state index contributed by atoms with van der Waals surface area (Å²) in [6.07, 6.45) is 1.03. The summed E-state index contributed by atoms with van der Waals surface area (Å²) in [5.74, 6) is 0.392. The molecule has 7 heteroatoms. The molecule has 2 aromatic rings. The lowest BCUT2D eigenvalue weighted by Crippen LogP contribution is -2.14. The summed E-state index contributed by atoms with van der Waals surface area (Å²) in [5, 5.41) is 8.75. The molecule has 1 aromatic carbocycles. The maximum absolute atomic E-state index is 11.9. The minimum Gasteiger partial charge on any atom is -0.491 e. The van der Waals surface area contributed by atoms with E-state index in [1.807, 2.05) is 26.0 Å². The first-order valence-electron chi connectivity index (χ1n) is 6.34. The first kappa shape index (κ1) is 13.9. The first-order valence-corrected chi connectivity index (χ1v) is 6.34. The Morgan fingerprint density at radius 2 is 2.35 bits per heavy atom. The molecule has 1 aromatic heterocycles. The summed E-state index contributed by atoms with van der Waals surface area (Å²) in [6, 6.07) is 7.17. The van der Waals surface area contributed by atoms with E-state index in [1.165, 1.54) is 0 Å². The molecule has 0 aliphatic rings. The van der Waals surface area contributed by atoms with Crippen molar-refractivity contribution >= 4 is 17.5 Å². The van der Waals surface area contributed by atoms with E-state index in [1.54, 1.807) is 12.1 Å². The van der Waals surface area contributed by atoms with E-state index in [-0.39, 0.29) is 17.9 Å². The van der Waals surface area contributed by atoms with Gasteiger partial charge in [-0.25, -0.2) is 0 Å². The van der Waals surface area contributed by atoms with E-state index in [9.17, 15) is 4.79 Å². The van der Waals surface area contributed by atoms with Crippen molar-refractivity contribution in [2.24, 2.45) is 0 Å². The van der Waals surface area contributed by atoms with E-state index in [2.05, 4.69) is 20.5 Å². The largest absolute Gasteiger partial charge is 0.491 e. The Balaban J connectivity index is 2.06. The van der Waals surface area contributed by atoms with Crippen LogP contribution in [0.3, 0.4) is 0 Å². The molecule has 0 spiro atoms. The number of nitrogens with zero attached hydrogens (tertiary/aromatic N) is 2. The zero-order chi connectivity index (χ0) is 14.5. The molecule has 0 bridgehead atoms. The van der Waals surface area contributed by atoms with Crippen molar-refractivity contribution in [2.45, 2.75) is 26.4 Å². The van der Waals surface area contributed by atoms with E-state index < -0.39 is 5.91 Å². The Kier molecular flexibility index (Phi) is 4.19. The summed E-state index contributed by atoms with van der Waals surface area (Å²) < 4.78 is 5.69. The second-order valence-corrected chi connectivity index (χ2v) is 4.36. The highest BCUT2D eigenvalue weighted by Gasteiger charge is 2.11. The second-order valence-electron chi connectivity index (χ2n) is 4.36. The average Bonchev–Trinajstić information content (AvgIpc) is 2.86. The van der Waals surface area contributed by atoms with Gasteiger partial charge >= 0.3 is 0 Å². The fraction of sp³-hybridized carbons (Fsp3) is 0.308. The third kappa shape index (κ3) is 3.47. The molecule has 4 N–H and O–H groups in total. The first-order chi connectivity index (χ1) is 9.58. The molecular formula is C13H17N5O2. The van der Waals surface area contributed by atoms with Crippen molar-refractivity contribution in [3.8, 4) is 5.75 Å². The van der Waals surface area contributed by atoms with Crippen LogP contribution in [0.5, 0.6) is 5.75 Å². The van der Waals surface area contributed by atoms with Gasteiger partial charge in [0.2, 0.25) is 11.8 Å². The molecule has 2 rings (SSSR count). The van der Waals surface area contributed by atoms with Crippen LogP contribution >= 0.6 is 0 Å². The fourth-order valence-corrected chi connectivity index (χ4v) is 1.53. The fourth-order valence-electron chi connectivity index (χ4n) is 1.53. The highest BCUT2D eigenvalue weighted by atomic mass is 16.5. The summed E-state index contributed by atoms with van der Waals surface area (Å²) in [5.41, 5.74) is 5.97. The van der Waals surface area contributed by atoms with Gasteiger partial charge in [0.1, 0.15) is 5.75 Å². The second kappa shape index (κ2) is 6.05. The topological polar surface area (TPSA) is 106 Å². The van der Waals surface area contributed by atoms with Gasteiger partial charge in [0.25, 0.3) is 5.91 Å². The summed E-state index contributed by atoms with van der Waals surface area (Å²) in [7, 11) is 0. The third-order valence-corrected chi connectivity index (χ3v) is 2.72. The van der Waals surface area contributed by atoms with Crippen LogP contribution in [-0.2, 0) is 0 Å². The summed E-state index contributed by atoms with van der Waals surface area (Å²) in [4.78, 5) is 15.6. The van der Waals surface area contributed by atoms with E-state index in [0.29, 0.717) is 11.4 Å². The third-order valence-electron chi connectivity index (χ3n) is 2.72. The predicted molar refractivity (Wildman–Crippen MR) is 75.6 cm³/mol. The zero-order valence-corrected chi connectivity index (χ0v) is 11.4. The van der Waals surface area contributed by atoms with Crippen LogP contribution in [0, 0.1) is 0 Å². The highest BCUT2D eigenvalue weighted by Crippen LogP contribution is 2.19. The highest BCUT2D eigenvalue weighted by molar-refractivity contribution is 6.01. The number of hydrogen-bond acceptors (Lipinski definition) is 5. The predicted octanol–water partition coefficient (Wildman–Crippen LogP) is 1.82. The van der Waals surface area contributed by atoms with Gasteiger partial charge in [-0.05, 0) is 25.5 Å². The number of carbonyl (C=O) groups is 1. The van der Waals surface area contributed by atoms with E-state index in [4.69, 9.17) is 10.5 Å². The molecule has 1 amide bonds. The van der Waals surface area contributed by atoms with Gasteiger partial charge in [-0.3, -0.25) is 9.89 Å². The van der Waals surface area contributed by atoms with Gasteiger partial charge in [-0.2, -0.15) is 4.98 Å². The minimum atomic E-state index is -0.408. The number of carbonyl (C=O) groups excluding carboxylic acids is 1. The molecule has 7 nitrogen and oxygen atoms in total. The van der Waals surface area contributed by atoms with Crippen molar-refractivity contribution in [1.29, 1.82) is 0 Å². The molecule has 20 heavy (non-hydrogen) atoms. The monoisotopic (exact) mass is 275 g/mol. The van der Waals surface area contributed by atoms with E-state index >= 15 is 0 Å². The lowest BCUT2D eigenvalue weighted by molar-refractivity contribution is 0.101. The molecule has 1 atom stereocenters. The van der Waals surface area contributed by atoms with Gasteiger partial charge in [-0.1, -0.05) is 13.0 Å².